The second-order valence-corrected chi connectivity index (χ2v) is 4.06. The summed E-state index contributed by atoms with van der Waals surface area (Å²) in [5.74, 6) is 0.552. The fraction of sp³-hybridized carbons (Fsp3) is 0.778. The molecule has 1 fully saturated rings. The number of aromatic nitrogens is 3. The zero-order chi connectivity index (χ0) is 10.1. The van der Waals surface area contributed by atoms with E-state index in [4.69, 9.17) is 5.73 Å². The van der Waals surface area contributed by atoms with E-state index in [0.717, 1.165) is 18.7 Å². The molecule has 78 valence electrons. The predicted octanol–water partition coefficient (Wildman–Crippen LogP) is -0.187. The van der Waals surface area contributed by atoms with Crippen molar-refractivity contribution in [2.24, 2.45) is 18.7 Å². The Morgan fingerprint density at radius 1 is 1.64 bits per heavy atom. The van der Waals surface area contributed by atoms with Crippen molar-refractivity contribution < 1.29 is 0 Å². The van der Waals surface area contributed by atoms with E-state index in [2.05, 4.69) is 22.6 Å². The normalized spacial score (nSPS) is 33.2. The van der Waals surface area contributed by atoms with Crippen molar-refractivity contribution in [2.45, 2.75) is 25.4 Å². The van der Waals surface area contributed by atoms with Crippen LogP contribution in [0.25, 0.3) is 0 Å². The van der Waals surface area contributed by atoms with E-state index >= 15 is 0 Å². The molecule has 5 nitrogen and oxygen atoms in total. The van der Waals surface area contributed by atoms with Gasteiger partial charge in [-0.25, -0.2) is 0 Å². The predicted molar refractivity (Wildman–Crippen MR) is 53.5 cm³/mol. The highest BCUT2D eigenvalue weighted by atomic mass is 15.4. The molecule has 1 aliphatic heterocycles. The Morgan fingerprint density at radius 2 is 2.43 bits per heavy atom. The number of aryl methyl sites for hydroxylation is 1. The van der Waals surface area contributed by atoms with Gasteiger partial charge < -0.3 is 11.1 Å². The fourth-order valence-electron chi connectivity index (χ4n) is 2.00. The van der Waals surface area contributed by atoms with Crippen molar-refractivity contribution in [3.05, 3.63) is 11.9 Å². The molecule has 0 aliphatic carbocycles. The molecule has 0 radical (unpaired) electrons. The van der Waals surface area contributed by atoms with Crippen LogP contribution in [0.5, 0.6) is 0 Å². The van der Waals surface area contributed by atoms with Gasteiger partial charge in [0.1, 0.15) is 0 Å². The topological polar surface area (TPSA) is 68.8 Å². The van der Waals surface area contributed by atoms with E-state index in [-0.39, 0.29) is 12.1 Å². The third kappa shape index (κ3) is 1.53. The van der Waals surface area contributed by atoms with Gasteiger partial charge in [-0.2, -0.15) is 0 Å². The minimum atomic E-state index is 0.154. The molecule has 2 heterocycles. The van der Waals surface area contributed by atoms with Crippen LogP contribution in [0.4, 0.5) is 0 Å². The Hall–Kier alpha value is -0.940. The molecule has 1 aromatic rings. The van der Waals surface area contributed by atoms with Gasteiger partial charge in [0.05, 0.1) is 17.9 Å². The fourth-order valence-corrected chi connectivity index (χ4v) is 2.00. The monoisotopic (exact) mass is 195 g/mol. The van der Waals surface area contributed by atoms with Crippen molar-refractivity contribution in [3.63, 3.8) is 0 Å². The van der Waals surface area contributed by atoms with Crippen LogP contribution in [0.3, 0.4) is 0 Å². The third-order valence-corrected chi connectivity index (χ3v) is 3.07. The van der Waals surface area contributed by atoms with Gasteiger partial charge in [0.15, 0.2) is 0 Å². The van der Waals surface area contributed by atoms with Gasteiger partial charge in [0.25, 0.3) is 0 Å². The summed E-state index contributed by atoms with van der Waals surface area (Å²) in [6, 6.07) is 0.347. The summed E-state index contributed by atoms with van der Waals surface area (Å²) in [6.07, 6.45) is 2.93. The summed E-state index contributed by atoms with van der Waals surface area (Å²) in [4.78, 5) is 0. The first-order valence-electron chi connectivity index (χ1n) is 5.03. The van der Waals surface area contributed by atoms with Gasteiger partial charge in [-0.05, 0) is 18.9 Å². The molecule has 1 aromatic heterocycles. The minimum Gasteiger partial charge on any atom is -0.326 e. The second kappa shape index (κ2) is 3.67. The lowest BCUT2D eigenvalue weighted by Gasteiger charge is -2.34. The molecule has 0 aromatic carbocycles. The smallest absolute Gasteiger partial charge is 0.0769 e. The van der Waals surface area contributed by atoms with Crippen molar-refractivity contribution in [3.8, 4) is 0 Å². The van der Waals surface area contributed by atoms with Crippen LogP contribution in [0.15, 0.2) is 6.20 Å². The number of nitrogens with zero attached hydrogens (tertiary/aromatic N) is 3. The van der Waals surface area contributed by atoms with Crippen LogP contribution in [0, 0.1) is 5.92 Å². The molecule has 2 rings (SSSR count). The van der Waals surface area contributed by atoms with E-state index in [1.165, 1.54) is 0 Å². The molecule has 3 N–H and O–H groups in total. The van der Waals surface area contributed by atoms with E-state index < -0.39 is 0 Å². The summed E-state index contributed by atoms with van der Waals surface area (Å²) in [6.45, 7) is 3.22. The van der Waals surface area contributed by atoms with E-state index in [1.807, 2.05) is 7.05 Å². The van der Waals surface area contributed by atoms with Crippen molar-refractivity contribution in [1.82, 2.24) is 20.3 Å². The minimum absolute atomic E-state index is 0.154. The average Bonchev–Trinajstić information content (AvgIpc) is 2.57. The maximum absolute atomic E-state index is 6.15. The highest BCUT2D eigenvalue weighted by Crippen LogP contribution is 2.24. The number of rotatable bonds is 1. The highest BCUT2D eigenvalue weighted by Gasteiger charge is 2.30. The first-order chi connectivity index (χ1) is 6.70. The zero-order valence-electron chi connectivity index (χ0n) is 8.64. The molecule has 0 amide bonds. The maximum atomic E-state index is 6.15. The van der Waals surface area contributed by atoms with Crippen LogP contribution < -0.4 is 11.1 Å². The van der Waals surface area contributed by atoms with E-state index in [9.17, 15) is 0 Å². The Bertz CT molecular complexity index is 308. The summed E-state index contributed by atoms with van der Waals surface area (Å²) < 4.78 is 1.79. The lowest BCUT2D eigenvalue weighted by Crippen LogP contribution is -2.48. The van der Waals surface area contributed by atoms with Crippen LogP contribution in [-0.2, 0) is 7.05 Å². The first kappa shape index (κ1) is 9.61. The molecular formula is C9H17N5. The van der Waals surface area contributed by atoms with Crippen LogP contribution in [0.1, 0.15) is 25.1 Å². The van der Waals surface area contributed by atoms with E-state index in [0.29, 0.717) is 5.92 Å². The number of piperidine rings is 1. The SMILES string of the molecule is CC1CCNC(c2cnnn2C)C1N. The molecule has 1 saturated heterocycles. The second-order valence-electron chi connectivity index (χ2n) is 4.06. The van der Waals surface area contributed by atoms with Gasteiger partial charge in [0.2, 0.25) is 0 Å². The lowest BCUT2D eigenvalue weighted by molar-refractivity contribution is 0.266. The maximum Gasteiger partial charge on any atom is 0.0769 e. The lowest BCUT2D eigenvalue weighted by atomic mass is 9.87. The zero-order valence-corrected chi connectivity index (χ0v) is 8.64. The molecule has 1 aliphatic rings. The van der Waals surface area contributed by atoms with Gasteiger partial charge in [-0.1, -0.05) is 12.1 Å². The van der Waals surface area contributed by atoms with Gasteiger partial charge >= 0.3 is 0 Å². The van der Waals surface area contributed by atoms with Crippen molar-refractivity contribution >= 4 is 0 Å². The first-order valence-corrected chi connectivity index (χ1v) is 5.03. The molecule has 0 saturated carbocycles. The molecule has 14 heavy (non-hydrogen) atoms. The van der Waals surface area contributed by atoms with Gasteiger partial charge in [-0.15, -0.1) is 5.10 Å². The standard InChI is InChI=1S/C9H17N5/c1-6-3-4-11-9(8(6)10)7-5-12-13-14(7)2/h5-6,8-9,11H,3-4,10H2,1-2H3. The van der Waals surface area contributed by atoms with Crippen LogP contribution in [0.2, 0.25) is 0 Å². The van der Waals surface area contributed by atoms with Crippen LogP contribution >= 0.6 is 0 Å². The largest absolute Gasteiger partial charge is 0.326 e. The Labute approximate surface area is 83.7 Å². The quantitative estimate of drug-likeness (QED) is 0.652. The molecular weight excluding hydrogens is 178 g/mol. The van der Waals surface area contributed by atoms with E-state index in [1.54, 1.807) is 10.9 Å². The van der Waals surface area contributed by atoms with Gasteiger partial charge in [-0.3, -0.25) is 4.68 Å². The number of nitrogens with two attached hydrogens (primary N) is 1. The Morgan fingerprint density at radius 3 is 3.07 bits per heavy atom. The number of nitrogens with one attached hydrogen (secondary N) is 1. The third-order valence-electron chi connectivity index (χ3n) is 3.07. The van der Waals surface area contributed by atoms with Crippen molar-refractivity contribution in [1.29, 1.82) is 0 Å². The molecule has 3 atom stereocenters. The summed E-state index contributed by atoms with van der Waals surface area (Å²) in [5, 5.41) is 11.2. The average molecular weight is 195 g/mol. The van der Waals surface area contributed by atoms with Crippen molar-refractivity contribution in [2.75, 3.05) is 6.54 Å². The highest BCUT2D eigenvalue weighted by molar-refractivity contribution is 5.08. The Balaban J connectivity index is 2.21. The van der Waals surface area contributed by atoms with Crippen LogP contribution in [-0.4, -0.2) is 27.6 Å². The molecule has 0 bridgehead atoms. The van der Waals surface area contributed by atoms with Gasteiger partial charge in [0, 0.05) is 13.1 Å². The molecule has 0 spiro atoms. The molecule has 3 unspecified atom stereocenters. The number of hydrogen-bond acceptors (Lipinski definition) is 4. The Kier molecular flexibility index (Phi) is 2.52. The number of hydrogen-bond donors (Lipinski definition) is 2. The summed E-state index contributed by atoms with van der Waals surface area (Å²) in [7, 11) is 1.90. The summed E-state index contributed by atoms with van der Waals surface area (Å²) >= 11 is 0. The molecule has 5 heteroatoms. The summed E-state index contributed by atoms with van der Waals surface area (Å²) in [5.41, 5.74) is 7.22.